The summed E-state index contributed by atoms with van der Waals surface area (Å²) >= 11 is 0. The zero-order chi connectivity index (χ0) is 20.6. The van der Waals surface area contributed by atoms with Crippen LogP contribution in [0.25, 0.3) is 0 Å². The Kier molecular flexibility index (Phi) is 6.36. The summed E-state index contributed by atoms with van der Waals surface area (Å²) < 4.78 is 5.56. The van der Waals surface area contributed by atoms with Crippen molar-refractivity contribution in [1.82, 2.24) is 9.97 Å². The molecule has 0 unspecified atom stereocenters. The predicted molar refractivity (Wildman–Crippen MR) is 112 cm³/mol. The molecule has 0 radical (unpaired) electrons. The van der Waals surface area contributed by atoms with Crippen LogP contribution in [0.15, 0.2) is 60.9 Å². The maximum Gasteiger partial charge on any atom is 0.258 e. The van der Waals surface area contributed by atoms with Gasteiger partial charge in [0.2, 0.25) is 11.9 Å². The molecule has 3 aromatic rings. The van der Waals surface area contributed by atoms with Crippen LogP contribution in [0.5, 0.6) is 5.75 Å². The maximum absolute atomic E-state index is 12.4. The number of rotatable bonds is 7. The van der Waals surface area contributed by atoms with Crippen molar-refractivity contribution in [1.29, 1.82) is 0 Å². The summed E-state index contributed by atoms with van der Waals surface area (Å²) in [7, 11) is 0. The summed E-state index contributed by atoms with van der Waals surface area (Å²) in [4.78, 5) is 31.8. The number of ether oxygens (including phenoxy) is 1. The standard InChI is InChI=1S/C21H21N5O3/c1-3-29-19-7-5-4-6-18(19)26-21-22-12-15(13-23-21)20(28)25-17-10-8-16(9-11-17)24-14(2)27/h4-13H,3H2,1-2H3,(H,24,27)(H,25,28)(H,22,23,26). The number of benzene rings is 2. The smallest absolute Gasteiger partial charge is 0.258 e. The van der Waals surface area contributed by atoms with Gasteiger partial charge in [0.1, 0.15) is 5.75 Å². The first-order valence-corrected chi connectivity index (χ1v) is 9.05. The topological polar surface area (TPSA) is 105 Å². The number of nitrogens with one attached hydrogen (secondary N) is 3. The molecule has 1 heterocycles. The van der Waals surface area contributed by atoms with Gasteiger partial charge in [-0.15, -0.1) is 0 Å². The summed E-state index contributed by atoms with van der Waals surface area (Å²) in [6.45, 7) is 3.89. The molecule has 0 atom stereocenters. The Morgan fingerprint density at radius 3 is 2.17 bits per heavy atom. The van der Waals surface area contributed by atoms with Crippen LogP contribution < -0.4 is 20.7 Å². The fraction of sp³-hybridized carbons (Fsp3) is 0.143. The quantitative estimate of drug-likeness (QED) is 0.565. The van der Waals surface area contributed by atoms with Crippen molar-refractivity contribution in [3.05, 3.63) is 66.5 Å². The number of para-hydroxylation sites is 2. The lowest BCUT2D eigenvalue weighted by molar-refractivity contribution is -0.114. The second kappa shape index (κ2) is 9.32. The number of hydrogen-bond acceptors (Lipinski definition) is 6. The first-order valence-electron chi connectivity index (χ1n) is 9.05. The molecule has 148 valence electrons. The Bertz CT molecular complexity index is 988. The van der Waals surface area contributed by atoms with E-state index in [-0.39, 0.29) is 11.8 Å². The Labute approximate surface area is 168 Å². The maximum atomic E-state index is 12.4. The molecule has 2 aromatic carbocycles. The molecular weight excluding hydrogens is 370 g/mol. The van der Waals surface area contributed by atoms with E-state index in [0.29, 0.717) is 35.2 Å². The molecule has 0 aliphatic heterocycles. The van der Waals surface area contributed by atoms with Crippen LogP contribution in [0.1, 0.15) is 24.2 Å². The van der Waals surface area contributed by atoms with Crippen molar-refractivity contribution in [2.75, 3.05) is 22.6 Å². The van der Waals surface area contributed by atoms with Gasteiger partial charge in [-0.1, -0.05) is 12.1 Å². The average Bonchev–Trinajstić information content (AvgIpc) is 2.71. The molecule has 0 fully saturated rings. The number of carbonyl (C=O) groups is 2. The lowest BCUT2D eigenvalue weighted by Crippen LogP contribution is -2.13. The van der Waals surface area contributed by atoms with Crippen LogP contribution in [-0.2, 0) is 4.79 Å². The van der Waals surface area contributed by atoms with Gasteiger partial charge in [0.25, 0.3) is 5.91 Å². The fourth-order valence-electron chi connectivity index (χ4n) is 2.52. The van der Waals surface area contributed by atoms with E-state index in [1.165, 1.54) is 19.3 Å². The van der Waals surface area contributed by atoms with Crippen molar-refractivity contribution < 1.29 is 14.3 Å². The molecular formula is C21H21N5O3. The highest BCUT2D eigenvalue weighted by Gasteiger charge is 2.09. The highest BCUT2D eigenvalue weighted by Crippen LogP contribution is 2.25. The molecule has 3 rings (SSSR count). The molecule has 0 aliphatic rings. The van der Waals surface area contributed by atoms with Gasteiger partial charge < -0.3 is 20.7 Å². The lowest BCUT2D eigenvalue weighted by Gasteiger charge is -2.11. The molecule has 8 nitrogen and oxygen atoms in total. The van der Waals surface area contributed by atoms with E-state index in [0.717, 1.165) is 5.69 Å². The first-order chi connectivity index (χ1) is 14.0. The van der Waals surface area contributed by atoms with Crippen LogP contribution in [0.2, 0.25) is 0 Å². The van der Waals surface area contributed by atoms with Crippen molar-refractivity contribution in [2.24, 2.45) is 0 Å². The van der Waals surface area contributed by atoms with Crippen LogP contribution in [0.4, 0.5) is 23.0 Å². The molecule has 0 aliphatic carbocycles. The number of carbonyl (C=O) groups excluding carboxylic acids is 2. The van der Waals surface area contributed by atoms with Gasteiger partial charge in [0.15, 0.2) is 0 Å². The molecule has 0 saturated carbocycles. The third-order valence-corrected chi connectivity index (χ3v) is 3.81. The summed E-state index contributed by atoms with van der Waals surface area (Å²) in [6.07, 6.45) is 2.89. The Morgan fingerprint density at radius 2 is 1.55 bits per heavy atom. The number of nitrogens with zero attached hydrogens (tertiary/aromatic N) is 2. The van der Waals surface area contributed by atoms with Crippen molar-refractivity contribution in [3.8, 4) is 5.75 Å². The molecule has 0 bridgehead atoms. The van der Waals surface area contributed by atoms with Gasteiger partial charge in [0.05, 0.1) is 17.9 Å². The van der Waals surface area contributed by atoms with Crippen molar-refractivity contribution in [3.63, 3.8) is 0 Å². The minimum atomic E-state index is -0.335. The zero-order valence-electron chi connectivity index (χ0n) is 16.1. The minimum absolute atomic E-state index is 0.156. The fourth-order valence-corrected chi connectivity index (χ4v) is 2.52. The molecule has 1 aromatic heterocycles. The third-order valence-electron chi connectivity index (χ3n) is 3.81. The largest absolute Gasteiger partial charge is 0.492 e. The average molecular weight is 391 g/mol. The van der Waals surface area contributed by atoms with Crippen molar-refractivity contribution >= 4 is 34.8 Å². The first kappa shape index (κ1) is 19.8. The van der Waals surface area contributed by atoms with E-state index >= 15 is 0 Å². The van der Waals surface area contributed by atoms with E-state index in [2.05, 4.69) is 25.9 Å². The summed E-state index contributed by atoms with van der Waals surface area (Å²) in [5, 5.41) is 8.51. The summed E-state index contributed by atoms with van der Waals surface area (Å²) in [5.41, 5.74) is 2.31. The third kappa shape index (κ3) is 5.52. The van der Waals surface area contributed by atoms with Crippen LogP contribution in [-0.4, -0.2) is 28.4 Å². The lowest BCUT2D eigenvalue weighted by atomic mass is 10.2. The van der Waals surface area contributed by atoms with Crippen LogP contribution in [0, 0.1) is 0 Å². The van der Waals surface area contributed by atoms with E-state index in [1.54, 1.807) is 24.3 Å². The molecule has 8 heteroatoms. The van der Waals surface area contributed by atoms with Gasteiger partial charge in [-0.2, -0.15) is 0 Å². The monoisotopic (exact) mass is 391 g/mol. The zero-order valence-corrected chi connectivity index (χ0v) is 16.1. The Hall–Kier alpha value is -3.94. The highest BCUT2D eigenvalue weighted by atomic mass is 16.5. The second-order valence-electron chi connectivity index (χ2n) is 6.06. The molecule has 0 saturated heterocycles. The van der Waals surface area contributed by atoms with Crippen LogP contribution >= 0.6 is 0 Å². The van der Waals surface area contributed by atoms with Gasteiger partial charge in [-0.25, -0.2) is 9.97 Å². The van der Waals surface area contributed by atoms with Crippen LogP contribution in [0.3, 0.4) is 0 Å². The number of hydrogen-bond donors (Lipinski definition) is 3. The van der Waals surface area contributed by atoms with Gasteiger partial charge >= 0.3 is 0 Å². The molecule has 0 spiro atoms. The van der Waals surface area contributed by atoms with E-state index in [4.69, 9.17) is 4.74 Å². The number of amides is 2. The molecule has 3 N–H and O–H groups in total. The number of anilines is 4. The summed E-state index contributed by atoms with van der Waals surface area (Å²) in [6, 6.07) is 14.3. The predicted octanol–water partition coefficient (Wildman–Crippen LogP) is 3.83. The molecule has 29 heavy (non-hydrogen) atoms. The van der Waals surface area contributed by atoms with E-state index in [1.807, 2.05) is 31.2 Å². The number of aromatic nitrogens is 2. The normalized spacial score (nSPS) is 10.1. The summed E-state index contributed by atoms with van der Waals surface area (Å²) in [5.74, 6) is 0.562. The van der Waals surface area contributed by atoms with E-state index < -0.39 is 0 Å². The Morgan fingerprint density at radius 1 is 0.931 bits per heavy atom. The SMILES string of the molecule is CCOc1ccccc1Nc1ncc(C(=O)Nc2ccc(NC(C)=O)cc2)cn1. The minimum Gasteiger partial charge on any atom is -0.492 e. The van der Waals surface area contributed by atoms with Crippen molar-refractivity contribution in [2.45, 2.75) is 13.8 Å². The van der Waals surface area contributed by atoms with Gasteiger partial charge in [0, 0.05) is 30.7 Å². The molecule has 2 amide bonds. The highest BCUT2D eigenvalue weighted by molar-refractivity contribution is 6.04. The Balaban J connectivity index is 1.64. The second-order valence-corrected chi connectivity index (χ2v) is 6.06. The van der Waals surface area contributed by atoms with Gasteiger partial charge in [-0.05, 0) is 43.3 Å². The van der Waals surface area contributed by atoms with E-state index in [9.17, 15) is 9.59 Å². The van der Waals surface area contributed by atoms with Gasteiger partial charge in [-0.3, -0.25) is 9.59 Å².